The molecular formula is C18H24IN5S. The summed E-state index contributed by atoms with van der Waals surface area (Å²) in [6.45, 7) is 5.82. The van der Waals surface area contributed by atoms with Gasteiger partial charge >= 0.3 is 0 Å². The Morgan fingerprint density at radius 2 is 2.04 bits per heavy atom. The number of imidazole rings is 1. The van der Waals surface area contributed by atoms with Gasteiger partial charge in [0, 0.05) is 31.4 Å². The molecule has 2 heterocycles. The molecule has 7 heteroatoms. The first-order chi connectivity index (χ1) is 11.7. The first-order valence-electron chi connectivity index (χ1n) is 8.08. The molecule has 3 aromatic rings. The molecule has 134 valence electrons. The van der Waals surface area contributed by atoms with Gasteiger partial charge < -0.3 is 10.6 Å². The minimum Gasteiger partial charge on any atom is -0.356 e. The maximum Gasteiger partial charge on any atom is 0.193 e. The quantitative estimate of drug-likeness (QED) is 0.340. The van der Waals surface area contributed by atoms with E-state index >= 15 is 0 Å². The van der Waals surface area contributed by atoms with Crippen LogP contribution in [-0.4, -0.2) is 28.9 Å². The molecule has 0 aliphatic heterocycles. The highest BCUT2D eigenvalue weighted by Gasteiger charge is 2.07. The van der Waals surface area contributed by atoms with Crippen LogP contribution in [0.15, 0.2) is 47.0 Å². The van der Waals surface area contributed by atoms with E-state index in [1.54, 1.807) is 18.4 Å². The van der Waals surface area contributed by atoms with E-state index < -0.39 is 0 Å². The normalized spacial score (nSPS) is 12.7. The molecule has 1 unspecified atom stereocenters. The fraction of sp³-hybridized carbons (Fsp3) is 0.333. The van der Waals surface area contributed by atoms with Gasteiger partial charge in [0.1, 0.15) is 0 Å². The third kappa shape index (κ3) is 5.18. The summed E-state index contributed by atoms with van der Waals surface area (Å²) in [7, 11) is 1.79. The Labute approximate surface area is 169 Å². The van der Waals surface area contributed by atoms with Gasteiger partial charge in [-0.15, -0.1) is 35.3 Å². The zero-order valence-electron chi connectivity index (χ0n) is 14.7. The lowest BCUT2D eigenvalue weighted by Crippen LogP contribution is -2.38. The lowest BCUT2D eigenvalue weighted by molar-refractivity contribution is 0.697. The number of guanidine groups is 1. The number of benzene rings is 1. The molecule has 0 bridgehead atoms. The highest BCUT2D eigenvalue weighted by Crippen LogP contribution is 2.14. The molecular weight excluding hydrogens is 445 g/mol. The van der Waals surface area contributed by atoms with Crippen molar-refractivity contribution in [2.75, 3.05) is 13.6 Å². The van der Waals surface area contributed by atoms with Gasteiger partial charge in [0.25, 0.3) is 0 Å². The number of hydrogen-bond acceptors (Lipinski definition) is 3. The second-order valence-electron chi connectivity index (χ2n) is 5.94. The number of aliphatic imine (C=N–C) groups is 1. The van der Waals surface area contributed by atoms with Crippen LogP contribution in [0.1, 0.15) is 29.7 Å². The van der Waals surface area contributed by atoms with E-state index in [1.807, 2.05) is 22.2 Å². The van der Waals surface area contributed by atoms with Crippen molar-refractivity contribution >= 4 is 46.2 Å². The van der Waals surface area contributed by atoms with Crippen LogP contribution in [0, 0.1) is 6.92 Å². The fourth-order valence-corrected chi connectivity index (χ4v) is 3.24. The van der Waals surface area contributed by atoms with Gasteiger partial charge in [0.15, 0.2) is 10.9 Å². The Morgan fingerprint density at radius 1 is 1.28 bits per heavy atom. The molecule has 0 aliphatic carbocycles. The lowest BCUT2D eigenvalue weighted by Gasteiger charge is -2.16. The van der Waals surface area contributed by atoms with Gasteiger partial charge in [-0.2, -0.15) is 0 Å². The first kappa shape index (κ1) is 19.7. The van der Waals surface area contributed by atoms with Crippen LogP contribution in [0.5, 0.6) is 0 Å². The van der Waals surface area contributed by atoms with Gasteiger partial charge in [-0.25, -0.2) is 4.98 Å². The summed E-state index contributed by atoms with van der Waals surface area (Å²) >= 11 is 1.64. The Hall–Kier alpha value is -1.61. The summed E-state index contributed by atoms with van der Waals surface area (Å²) in [5.41, 5.74) is 3.63. The minimum absolute atomic E-state index is 0. The Balaban J connectivity index is 0.00000225. The van der Waals surface area contributed by atoms with Crippen molar-refractivity contribution in [3.05, 3.63) is 58.9 Å². The number of thiazole rings is 1. The van der Waals surface area contributed by atoms with Crippen molar-refractivity contribution in [1.82, 2.24) is 20.0 Å². The van der Waals surface area contributed by atoms with Crippen LogP contribution in [0.4, 0.5) is 0 Å². The van der Waals surface area contributed by atoms with E-state index in [-0.39, 0.29) is 24.0 Å². The van der Waals surface area contributed by atoms with Crippen molar-refractivity contribution in [3.8, 4) is 0 Å². The van der Waals surface area contributed by atoms with Crippen LogP contribution in [0.3, 0.4) is 0 Å². The maximum absolute atomic E-state index is 4.57. The summed E-state index contributed by atoms with van der Waals surface area (Å²) in [4.78, 5) is 9.87. The monoisotopic (exact) mass is 469 g/mol. The molecule has 3 rings (SSSR count). The van der Waals surface area contributed by atoms with Crippen molar-refractivity contribution in [2.24, 2.45) is 4.99 Å². The van der Waals surface area contributed by atoms with Crippen LogP contribution >= 0.6 is 35.3 Å². The SMILES string of the molecule is CN=C(NCc1cn2ccsc2n1)NCC(C)c1ccc(C)cc1.I. The number of aromatic nitrogens is 2. The first-order valence-corrected chi connectivity index (χ1v) is 8.96. The van der Waals surface area contributed by atoms with Gasteiger partial charge in [-0.1, -0.05) is 36.8 Å². The van der Waals surface area contributed by atoms with Crippen LogP contribution in [0.25, 0.3) is 4.96 Å². The summed E-state index contributed by atoms with van der Waals surface area (Å²) < 4.78 is 2.04. The molecule has 5 nitrogen and oxygen atoms in total. The van der Waals surface area contributed by atoms with E-state index in [1.165, 1.54) is 11.1 Å². The summed E-state index contributed by atoms with van der Waals surface area (Å²) in [5.74, 6) is 1.22. The molecule has 1 aromatic carbocycles. The van der Waals surface area contributed by atoms with Crippen LogP contribution in [-0.2, 0) is 6.54 Å². The molecule has 0 radical (unpaired) electrons. The van der Waals surface area contributed by atoms with Gasteiger partial charge in [0.2, 0.25) is 0 Å². The second kappa shape index (κ2) is 9.19. The molecule has 0 amide bonds. The fourth-order valence-electron chi connectivity index (χ4n) is 2.52. The second-order valence-corrected chi connectivity index (χ2v) is 6.82. The van der Waals surface area contributed by atoms with Crippen molar-refractivity contribution < 1.29 is 0 Å². The average Bonchev–Trinajstić information content (AvgIpc) is 3.17. The average molecular weight is 469 g/mol. The molecule has 2 aromatic heterocycles. The Morgan fingerprint density at radius 3 is 2.72 bits per heavy atom. The summed E-state index contributed by atoms with van der Waals surface area (Å²) in [6.07, 6.45) is 4.06. The zero-order chi connectivity index (χ0) is 16.9. The third-order valence-corrected chi connectivity index (χ3v) is 4.80. The van der Waals surface area contributed by atoms with Crippen molar-refractivity contribution in [1.29, 1.82) is 0 Å². The number of halogens is 1. The Bertz CT molecular complexity index is 793. The van der Waals surface area contributed by atoms with Gasteiger partial charge in [-0.05, 0) is 18.4 Å². The van der Waals surface area contributed by atoms with Crippen molar-refractivity contribution in [3.63, 3.8) is 0 Å². The molecule has 2 N–H and O–H groups in total. The largest absolute Gasteiger partial charge is 0.356 e. The minimum atomic E-state index is 0. The summed E-state index contributed by atoms with van der Waals surface area (Å²) in [6, 6.07) is 8.69. The molecule has 25 heavy (non-hydrogen) atoms. The lowest BCUT2D eigenvalue weighted by atomic mass is 10.0. The van der Waals surface area contributed by atoms with Crippen LogP contribution in [0.2, 0.25) is 0 Å². The summed E-state index contributed by atoms with van der Waals surface area (Å²) in [5, 5.41) is 8.74. The number of nitrogens with zero attached hydrogens (tertiary/aromatic N) is 3. The van der Waals surface area contributed by atoms with E-state index in [9.17, 15) is 0 Å². The number of fused-ring (bicyclic) bond motifs is 1. The van der Waals surface area contributed by atoms with Gasteiger partial charge in [-0.3, -0.25) is 9.39 Å². The van der Waals surface area contributed by atoms with E-state index in [2.05, 4.69) is 58.7 Å². The zero-order valence-corrected chi connectivity index (χ0v) is 17.8. The topological polar surface area (TPSA) is 53.7 Å². The number of nitrogens with one attached hydrogen (secondary N) is 2. The molecule has 0 spiro atoms. The molecule has 0 fully saturated rings. The van der Waals surface area contributed by atoms with E-state index in [4.69, 9.17) is 0 Å². The van der Waals surface area contributed by atoms with E-state index in [0.717, 1.165) is 23.2 Å². The maximum atomic E-state index is 4.57. The van der Waals surface area contributed by atoms with Crippen LogP contribution < -0.4 is 10.6 Å². The standard InChI is InChI=1S/C18H23N5S.HI/c1-13-4-6-15(7-5-13)14(2)10-20-17(19-3)21-11-16-12-23-8-9-24-18(23)22-16;/h4-9,12,14H,10-11H2,1-3H3,(H2,19,20,21);1H. The molecule has 0 saturated carbocycles. The molecule has 0 aliphatic rings. The molecule has 1 atom stereocenters. The predicted molar refractivity (Wildman–Crippen MR) is 116 cm³/mol. The smallest absolute Gasteiger partial charge is 0.193 e. The number of rotatable bonds is 5. The highest BCUT2D eigenvalue weighted by molar-refractivity contribution is 14.0. The number of hydrogen-bond donors (Lipinski definition) is 2. The third-order valence-electron chi connectivity index (χ3n) is 4.03. The van der Waals surface area contributed by atoms with Gasteiger partial charge in [0.05, 0.1) is 12.2 Å². The number of aryl methyl sites for hydroxylation is 1. The Kier molecular flexibility index (Phi) is 7.24. The van der Waals surface area contributed by atoms with Crippen molar-refractivity contribution in [2.45, 2.75) is 26.3 Å². The predicted octanol–water partition coefficient (Wildman–Crippen LogP) is 3.79. The highest BCUT2D eigenvalue weighted by atomic mass is 127. The van der Waals surface area contributed by atoms with E-state index in [0.29, 0.717) is 12.5 Å². The molecule has 0 saturated heterocycles.